The molecule has 6 heteroatoms. The Labute approximate surface area is 183 Å². The van der Waals surface area contributed by atoms with E-state index in [2.05, 4.69) is 43.7 Å². The third-order valence-corrected chi connectivity index (χ3v) is 3.32. The van der Waals surface area contributed by atoms with Gasteiger partial charge >= 0.3 is 0 Å². The van der Waals surface area contributed by atoms with E-state index in [1.807, 2.05) is 79.7 Å². The van der Waals surface area contributed by atoms with E-state index in [0.717, 1.165) is 34.7 Å². The van der Waals surface area contributed by atoms with Crippen molar-refractivity contribution in [1.29, 1.82) is 0 Å². The smallest absolute Gasteiger partial charge is 0.181 e. The second-order valence-corrected chi connectivity index (χ2v) is 5.02. The van der Waals surface area contributed by atoms with Gasteiger partial charge in [-0.15, -0.1) is 6.58 Å². The van der Waals surface area contributed by atoms with Gasteiger partial charge in [-0.3, -0.25) is 0 Å². The number of pyridine rings is 1. The fourth-order valence-electron chi connectivity index (χ4n) is 1.92. The van der Waals surface area contributed by atoms with Gasteiger partial charge in [0, 0.05) is 17.5 Å². The van der Waals surface area contributed by atoms with Gasteiger partial charge in [-0.05, 0) is 32.4 Å². The number of H-pyrrole nitrogens is 1. The van der Waals surface area contributed by atoms with Crippen molar-refractivity contribution in [1.82, 2.24) is 24.9 Å². The molecule has 0 unspecified atom stereocenters. The number of nitrogens with one attached hydrogen (secondary N) is 2. The number of allylic oxidation sites excluding steroid dienone is 3. The predicted octanol–water partition coefficient (Wildman–Crippen LogP) is 7.41. The summed E-state index contributed by atoms with van der Waals surface area (Å²) in [5.74, 6) is 0.762. The molecule has 3 aromatic heterocycles. The lowest BCUT2D eigenvalue weighted by Crippen LogP contribution is -2.01. The summed E-state index contributed by atoms with van der Waals surface area (Å²) in [6.45, 7) is 21.5. The number of nitrogens with zero attached hydrogens (tertiary/aromatic N) is 4. The third kappa shape index (κ3) is 9.45. The van der Waals surface area contributed by atoms with Crippen LogP contribution in [-0.4, -0.2) is 24.9 Å². The maximum Gasteiger partial charge on any atom is 0.181 e. The monoisotopic (exact) mass is 412 g/mol. The minimum atomic E-state index is 0.646. The van der Waals surface area contributed by atoms with Crippen molar-refractivity contribution in [2.75, 3.05) is 5.32 Å². The molecule has 3 aromatic rings. The number of aromatic amines is 1. The Morgan fingerprint density at radius 1 is 1.07 bits per heavy atom. The molecule has 0 fully saturated rings. The van der Waals surface area contributed by atoms with Crippen molar-refractivity contribution in [3.8, 4) is 11.3 Å². The lowest BCUT2D eigenvalue weighted by molar-refractivity contribution is 1.19. The van der Waals surface area contributed by atoms with Crippen LogP contribution in [0.5, 0.6) is 0 Å². The number of rotatable bonds is 4. The number of aromatic nitrogens is 5. The normalized spacial score (nSPS) is 9.30. The first-order chi connectivity index (χ1) is 14.7. The Bertz CT molecular complexity index is 836. The van der Waals surface area contributed by atoms with Gasteiger partial charge in [-0.2, -0.15) is 0 Å². The largest absolute Gasteiger partial charge is 0.344 e. The first-order valence-electron chi connectivity index (χ1n) is 10.8. The Morgan fingerprint density at radius 2 is 1.70 bits per heavy atom. The molecule has 0 saturated heterocycles. The lowest BCUT2D eigenvalue weighted by Gasteiger charge is -2.10. The topological polar surface area (TPSA) is 79.4 Å². The maximum absolute atomic E-state index is 4.39. The number of hydrogen-bond donors (Lipinski definition) is 2. The summed E-state index contributed by atoms with van der Waals surface area (Å²) in [5.41, 5.74) is 4.17. The molecule has 0 spiro atoms. The maximum atomic E-state index is 4.39. The van der Waals surface area contributed by atoms with E-state index in [1.54, 1.807) is 12.5 Å². The second-order valence-electron chi connectivity index (χ2n) is 5.02. The number of hydrogen-bond acceptors (Lipinski definition) is 5. The molecular weight excluding hydrogens is 372 g/mol. The van der Waals surface area contributed by atoms with Crippen LogP contribution in [0.25, 0.3) is 22.4 Å². The molecule has 0 radical (unpaired) electrons. The van der Waals surface area contributed by atoms with Gasteiger partial charge in [0.2, 0.25) is 0 Å². The van der Waals surface area contributed by atoms with E-state index in [4.69, 9.17) is 0 Å². The molecule has 6 nitrogen and oxygen atoms in total. The van der Waals surface area contributed by atoms with Crippen LogP contribution in [0, 0.1) is 0 Å². The molecule has 3 heterocycles. The third-order valence-electron chi connectivity index (χ3n) is 3.32. The minimum absolute atomic E-state index is 0.646. The Morgan fingerprint density at radius 3 is 2.27 bits per heavy atom. The van der Waals surface area contributed by atoms with Gasteiger partial charge in [-0.1, -0.05) is 60.6 Å². The van der Waals surface area contributed by atoms with E-state index in [0.29, 0.717) is 5.65 Å². The average Bonchev–Trinajstić information content (AvgIpc) is 3.32. The van der Waals surface area contributed by atoms with Crippen LogP contribution in [0.1, 0.15) is 68.7 Å². The van der Waals surface area contributed by atoms with Crippen molar-refractivity contribution in [2.45, 2.75) is 68.7 Å². The highest BCUT2D eigenvalue weighted by Gasteiger charge is 2.12. The fraction of sp³-hybridized carbons (Fsp3) is 0.417. The van der Waals surface area contributed by atoms with E-state index in [1.165, 1.54) is 6.33 Å². The van der Waals surface area contributed by atoms with Crippen molar-refractivity contribution in [2.24, 2.45) is 0 Å². The van der Waals surface area contributed by atoms with Crippen LogP contribution < -0.4 is 5.32 Å². The zero-order valence-electron chi connectivity index (χ0n) is 20.2. The Balaban J connectivity index is 0. The van der Waals surface area contributed by atoms with E-state index in [-0.39, 0.29) is 0 Å². The van der Waals surface area contributed by atoms with E-state index in [9.17, 15) is 0 Å². The van der Waals surface area contributed by atoms with Crippen molar-refractivity contribution >= 4 is 17.0 Å². The highest BCUT2D eigenvalue weighted by Crippen LogP contribution is 2.28. The van der Waals surface area contributed by atoms with Gasteiger partial charge in [-0.25, -0.2) is 19.9 Å². The van der Waals surface area contributed by atoms with Gasteiger partial charge in [0.25, 0.3) is 0 Å². The van der Waals surface area contributed by atoms with E-state index < -0.39 is 0 Å². The van der Waals surface area contributed by atoms with Gasteiger partial charge in [0.15, 0.2) is 5.65 Å². The summed E-state index contributed by atoms with van der Waals surface area (Å²) >= 11 is 0. The summed E-state index contributed by atoms with van der Waals surface area (Å²) in [6, 6.07) is 3.86. The van der Waals surface area contributed by atoms with Crippen molar-refractivity contribution in [3.05, 3.63) is 55.4 Å². The molecule has 3 rings (SSSR count). The zero-order chi connectivity index (χ0) is 23.4. The van der Waals surface area contributed by atoms with Crippen LogP contribution >= 0.6 is 0 Å². The lowest BCUT2D eigenvalue weighted by atomic mass is 10.1. The summed E-state index contributed by atoms with van der Waals surface area (Å²) in [6.07, 6.45) is 9.83. The van der Waals surface area contributed by atoms with Crippen molar-refractivity contribution in [3.63, 3.8) is 0 Å². The predicted molar refractivity (Wildman–Crippen MR) is 133 cm³/mol. The standard InChI is InChI=1S/C14H14N6.C4H8.3C2H6/c1-3-9(2)20-13-10(5-4-6-15-13)11-12-14(18-7-16-11)19-8-17-12;1-3-4-2;3*1-2/h3-8H,1-2H3,(H,15,20)(H,16,17,18,19);3H,1,4H2,2H3;3*1-2H3/b9-3+;;;;. The molecule has 2 N–H and O–H groups in total. The van der Waals surface area contributed by atoms with E-state index >= 15 is 0 Å². The first-order valence-corrected chi connectivity index (χ1v) is 10.8. The number of imidazole rings is 1. The molecule has 0 saturated carbocycles. The first kappa shape index (κ1) is 29.2. The summed E-state index contributed by atoms with van der Waals surface area (Å²) in [7, 11) is 0. The molecule has 0 bridgehead atoms. The molecule has 0 aromatic carbocycles. The SMILES string of the molecule is C/C=C(\C)Nc1ncccc1-c1ncnc2nc[nH]c12.C=CCC.CC.CC.CC. The van der Waals surface area contributed by atoms with Crippen LogP contribution in [0.15, 0.2) is 55.4 Å². The fourth-order valence-corrected chi connectivity index (χ4v) is 1.92. The Kier molecular flexibility index (Phi) is 18.8. The molecule has 0 atom stereocenters. The van der Waals surface area contributed by atoms with Gasteiger partial charge < -0.3 is 10.3 Å². The minimum Gasteiger partial charge on any atom is -0.344 e. The van der Waals surface area contributed by atoms with Gasteiger partial charge in [0.05, 0.1) is 6.33 Å². The molecule has 0 aliphatic carbocycles. The Hall–Kier alpha value is -3.02. The van der Waals surface area contributed by atoms with Crippen LogP contribution in [0.4, 0.5) is 5.82 Å². The molecular formula is C24H40N6. The second kappa shape index (κ2) is 19.3. The van der Waals surface area contributed by atoms with Crippen molar-refractivity contribution < 1.29 is 0 Å². The number of anilines is 1. The van der Waals surface area contributed by atoms with Gasteiger partial charge in [0.1, 0.15) is 23.4 Å². The summed E-state index contributed by atoms with van der Waals surface area (Å²) in [5, 5.41) is 3.27. The highest BCUT2D eigenvalue weighted by molar-refractivity contribution is 5.90. The van der Waals surface area contributed by atoms with Crippen LogP contribution in [0.3, 0.4) is 0 Å². The zero-order valence-corrected chi connectivity index (χ0v) is 20.2. The average molecular weight is 413 g/mol. The molecule has 0 aliphatic rings. The molecule has 0 aliphatic heterocycles. The van der Waals surface area contributed by atoms with Crippen LogP contribution in [0.2, 0.25) is 0 Å². The summed E-state index contributed by atoms with van der Waals surface area (Å²) in [4.78, 5) is 20.1. The van der Waals surface area contributed by atoms with Crippen LogP contribution in [-0.2, 0) is 0 Å². The number of fused-ring (bicyclic) bond motifs is 1. The quantitative estimate of drug-likeness (QED) is 0.436. The molecule has 166 valence electrons. The molecule has 0 amide bonds. The summed E-state index contributed by atoms with van der Waals surface area (Å²) < 4.78 is 0. The highest BCUT2D eigenvalue weighted by atomic mass is 15.0. The molecule has 30 heavy (non-hydrogen) atoms.